The van der Waals surface area contributed by atoms with Gasteiger partial charge < -0.3 is 10.2 Å². The van der Waals surface area contributed by atoms with Crippen molar-refractivity contribution in [2.75, 3.05) is 6.54 Å². The first-order valence-electron chi connectivity index (χ1n) is 9.97. The Morgan fingerprint density at radius 3 is 2.48 bits per heavy atom. The second kappa shape index (κ2) is 11.8. The Morgan fingerprint density at radius 1 is 1.10 bits per heavy atom. The molecule has 0 aliphatic heterocycles. The third-order valence-electron chi connectivity index (χ3n) is 4.82. The molecule has 1 N–H and O–H groups in total. The first-order chi connectivity index (χ1) is 13.9. The quantitative estimate of drug-likeness (QED) is 0.518. The Kier molecular flexibility index (Phi) is 9.49. The van der Waals surface area contributed by atoms with Crippen LogP contribution in [0.3, 0.4) is 0 Å². The van der Waals surface area contributed by atoms with Crippen molar-refractivity contribution >= 4 is 35.0 Å². The van der Waals surface area contributed by atoms with Gasteiger partial charge in [0, 0.05) is 29.6 Å². The molecular weight excluding hydrogens is 407 g/mol. The van der Waals surface area contributed by atoms with Crippen molar-refractivity contribution in [3.8, 4) is 0 Å². The summed E-state index contributed by atoms with van der Waals surface area (Å²) in [6.07, 6.45) is 2.84. The lowest BCUT2D eigenvalue weighted by atomic mass is 10.1. The predicted octanol–water partition coefficient (Wildman–Crippen LogP) is 5.26. The lowest BCUT2D eigenvalue weighted by Crippen LogP contribution is -2.47. The summed E-state index contributed by atoms with van der Waals surface area (Å²) in [7, 11) is 0. The van der Waals surface area contributed by atoms with E-state index in [0.717, 1.165) is 24.0 Å². The largest absolute Gasteiger partial charge is 0.354 e. The summed E-state index contributed by atoms with van der Waals surface area (Å²) in [5.41, 5.74) is 1.85. The van der Waals surface area contributed by atoms with Gasteiger partial charge in [-0.25, -0.2) is 0 Å². The number of nitrogens with one attached hydrogen (secondary N) is 1. The molecule has 0 spiro atoms. The standard InChI is InChI=1S/C23H28Cl2N2O2/c1-3-4-14-26-23(29)17(2)27(16-19-11-12-20(24)15-21(19)25)22(28)13-10-18-8-6-5-7-9-18/h5-9,11-12,15,17H,3-4,10,13-14,16H2,1-2H3,(H,26,29). The zero-order valence-electron chi connectivity index (χ0n) is 17.0. The number of carbonyl (C=O) groups is 2. The van der Waals surface area contributed by atoms with Crippen molar-refractivity contribution in [2.24, 2.45) is 0 Å². The van der Waals surface area contributed by atoms with Gasteiger partial charge in [0.1, 0.15) is 6.04 Å². The average molecular weight is 435 g/mol. The van der Waals surface area contributed by atoms with Crippen LogP contribution in [-0.4, -0.2) is 29.3 Å². The van der Waals surface area contributed by atoms with Crippen molar-refractivity contribution < 1.29 is 9.59 Å². The van der Waals surface area contributed by atoms with Crippen LogP contribution in [-0.2, 0) is 22.6 Å². The van der Waals surface area contributed by atoms with Crippen LogP contribution in [0.2, 0.25) is 10.0 Å². The Balaban J connectivity index is 2.14. The maximum atomic E-state index is 13.1. The molecule has 2 rings (SSSR count). The van der Waals surface area contributed by atoms with Crippen molar-refractivity contribution in [1.82, 2.24) is 10.2 Å². The highest BCUT2D eigenvalue weighted by atomic mass is 35.5. The van der Waals surface area contributed by atoms with Gasteiger partial charge in [-0.2, -0.15) is 0 Å². The van der Waals surface area contributed by atoms with Crippen LogP contribution >= 0.6 is 23.2 Å². The van der Waals surface area contributed by atoms with E-state index in [1.165, 1.54) is 0 Å². The molecule has 156 valence electrons. The summed E-state index contributed by atoms with van der Waals surface area (Å²) in [5, 5.41) is 3.93. The minimum absolute atomic E-state index is 0.0852. The molecule has 0 saturated carbocycles. The molecule has 2 aromatic carbocycles. The van der Waals surface area contributed by atoms with Crippen LogP contribution in [0.25, 0.3) is 0 Å². The van der Waals surface area contributed by atoms with Gasteiger partial charge in [0.05, 0.1) is 0 Å². The monoisotopic (exact) mass is 434 g/mol. The molecule has 2 aromatic rings. The fourth-order valence-electron chi connectivity index (χ4n) is 2.99. The zero-order chi connectivity index (χ0) is 21.2. The van der Waals surface area contributed by atoms with E-state index in [1.807, 2.05) is 30.3 Å². The smallest absolute Gasteiger partial charge is 0.242 e. The summed E-state index contributed by atoms with van der Waals surface area (Å²) in [6.45, 7) is 4.68. The molecule has 0 aromatic heterocycles. The second-order valence-corrected chi connectivity index (χ2v) is 7.91. The third-order valence-corrected chi connectivity index (χ3v) is 5.41. The fourth-order valence-corrected chi connectivity index (χ4v) is 3.46. The molecule has 0 fully saturated rings. The van der Waals surface area contributed by atoms with E-state index in [-0.39, 0.29) is 18.4 Å². The number of unbranched alkanes of at least 4 members (excludes halogenated alkanes) is 1. The molecule has 0 radical (unpaired) electrons. The second-order valence-electron chi connectivity index (χ2n) is 7.06. The number of hydrogen-bond acceptors (Lipinski definition) is 2. The number of aryl methyl sites for hydroxylation is 1. The Bertz CT molecular complexity index is 812. The maximum Gasteiger partial charge on any atom is 0.242 e. The molecule has 0 aliphatic carbocycles. The Morgan fingerprint density at radius 2 is 1.83 bits per heavy atom. The van der Waals surface area contributed by atoms with Crippen LogP contribution in [0, 0.1) is 0 Å². The summed E-state index contributed by atoms with van der Waals surface area (Å²) < 4.78 is 0. The van der Waals surface area contributed by atoms with E-state index < -0.39 is 6.04 Å². The van der Waals surface area contributed by atoms with Gasteiger partial charge in [0.15, 0.2) is 0 Å². The summed E-state index contributed by atoms with van der Waals surface area (Å²) >= 11 is 12.3. The average Bonchev–Trinajstić information content (AvgIpc) is 2.72. The number of carbonyl (C=O) groups excluding carboxylic acids is 2. The molecule has 1 unspecified atom stereocenters. The summed E-state index contributed by atoms with van der Waals surface area (Å²) in [5.74, 6) is -0.241. The number of rotatable bonds is 10. The van der Waals surface area contributed by atoms with Crippen LogP contribution in [0.4, 0.5) is 0 Å². The van der Waals surface area contributed by atoms with Gasteiger partial charge in [-0.05, 0) is 43.0 Å². The molecule has 1 atom stereocenters. The van der Waals surface area contributed by atoms with E-state index in [0.29, 0.717) is 29.4 Å². The number of hydrogen-bond donors (Lipinski definition) is 1. The molecule has 0 saturated heterocycles. The number of amides is 2. The summed E-state index contributed by atoms with van der Waals surface area (Å²) in [6, 6.07) is 14.4. The molecule has 29 heavy (non-hydrogen) atoms. The van der Waals surface area contributed by atoms with E-state index in [1.54, 1.807) is 30.0 Å². The molecule has 0 heterocycles. The van der Waals surface area contributed by atoms with Crippen LogP contribution < -0.4 is 5.32 Å². The van der Waals surface area contributed by atoms with Gasteiger partial charge in [0.2, 0.25) is 11.8 Å². The lowest BCUT2D eigenvalue weighted by molar-refractivity contribution is -0.140. The van der Waals surface area contributed by atoms with Crippen molar-refractivity contribution in [3.05, 3.63) is 69.7 Å². The highest BCUT2D eigenvalue weighted by Gasteiger charge is 2.26. The van der Waals surface area contributed by atoms with Gasteiger partial charge in [-0.15, -0.1) is 0 Å². The molecule has 6 heteroatoms. The topological polar surface area (TPSA) is 49.4 Å². The Hall–Kier alpha value is -2.04. The minimum Gasteiger partial charge on any atom is -0.354 e. The first kappa shape index (κ1) is 23.2. The highest BCUT2D eigenvalue weighted by molar-refractivity contribution is 6.35. The Labute approximate surface area is 183 Å². The highest BCUT2D eigenvalue weighted by Crippen LogP contribution is 2.23. The van der Waals surface area contributed by atoms with Crippen LogP contribution in [0.15, 0.2) is 48.5 Å². The number of halogens is 2. The van der Waals surface area contributed by atoms with Crippen LogP contribution in [0.5, 0.6) is 0 Å². The number of benzene rings is 2. The predicted molar refractivity (Wildman–Crippen MR) is 119 cm³/mol. The third kappa shape index (κ3) is 7.37. The van der Waals surface area contributed by atoms with E-state index in [9.17, 15) is 9.59 Å². The normalized spacial score (nSPS) is 11.7. The number of nitrogens with zero attached hydrogens (tertiary/aromatic N) is 1. The zero-order valence-corrected chi connectivity index (χ0v) is 18.5. The SMILES string of the molecule is CCCCNC(=O)C(C)N(Cc1ccc(Cl)cc1Cl)C(=O)CCc1ccccc1. The molecule has 0 bridgehead atoms. The van der Waals surface area contributed by atoms with E-state index in [2.05, 4.69) is 12.2 Å². The minimum atomic E-state index is -0.595. The van der Waals surface area contributed by atoms with Crippen molar-refractivity contribution in [2.45, 2.75) is 52.1 Å². The lowest BCUT2D eigenvalue weighted by Gasteiger charge is -2.29. The van der Waals surface area contributed by atoms with Crippen molar-refractivity contribution in [3.63, 3.8) is 0 Å². The molecule has 4 nitrogen and oxygen atoms in total. The summed E-state index contributed by atoms with van der Waals surface area (Å²) in [4.78, 5) is 27.3. The fraction of sp³-hybridized carbons (Fsp3) is 0.391. The van der Waals surface area contributed by atoms with Crippen LogP contribution in [0.1, 0.15) is 44.2 Å². The van der Waals surface area contributed by atoms with Gasteiger partial charge in [-0.3, -0.25) is 9.59 Å². The van der Waals surface area contributed by atoms with Gasteiger partial charge >= 0.3 is 0 Å². The van der Waals surface area contributed by atoms with E-state index in [4.69, 9.17) is 23.2 Å². The maximum absolute atomic E-state index is 13.1. The van der Waals surface area contributed by atoms with Gasteiger partial charge in [-0.1, -0.05) is 72.9 Å². The molecule has 0 aliphatic rings. The van der Waals surface area contributed by atoms with Gasteiger partial charge in [0.25, 0.3) is 0 Å². The molecule has 2 amide bonds. The van der Waals surface area contributed by atoms with Crippen molar-refractivity contribution in [1.29, 1.82) is 0 Å². The van der Waals surface area contributed by atoms with E-state index >= 15 is 0 Å². The molecular formula is C23H28Cl2N2O2. The first-order valence-corrected chi connectivity index (χ1v) is 10.7.